The Labute approximate surface area is 474 Å². The molecule has 6 aromatic heterocycles. The maximum absolute atomic E-state index is 14.5. The lowest BCUT2D eigenvalue weighted by Gasteiger charge is -2.26. The van der Waals surface area contributed by atoms with Crippen molar-refractivity contribution in [1.29, 1.82) is 0 Å². The van der Waals surface area contributed by atoms with E-state index in [1.807, 2.05) is 0 Å². The molecule has 0 saturated carbocycles. The average Bonchev–Trinajstić information content (AvgIpc) is 2.69. The molecular weight excluding hydrogens is 1090 g/mol. The highest BCUT2D eigenvalue weighted by molar-refractivity contribution is 6.11. The largest absolute Gasteiger partial charge is 0.369 e. The number of halogens is 6. The summed E-state index contributed by atoms with van der Waals surface area (Å²) in [5.74, 6) is -5.48. The van der Waals surface area contributed by atoms with Crippen molar-refractivity contribution in [1.82, 2.24) is 44.6 Å². The normalized spacial score (nSPS) is 19.0. The third kappa shape index (κ3) is 9.62. The van der Waals surface area contributed by atoms with Gasteiger partial charge in [-0.15, -0.1) is 0 Å². The van der Waals surface area contributed by atoms with Crippen LogP contribution in [-0.4, -0.2) is 101 Å². The Morgan fingerprint density at radius 1 is 0.333 bits per heavy atom. The lowest BCUT2D eigenvalue weighted by Crippen LogP contribution is -2.41. The van der Waals surface area contributed by atoms with E-state index >= 15 is 0 Å². The fourth-order valence-electron chi connectivity index (χ4n) is 9.96. The molecule has 0 fully saturated rings. The van der Waals surface area contributed by atoms with Gasteiger partial charge in [0.15, 0.2) is 34.5 Å². The molecule has 0 radical (unpaired) electrons. The quantitative estimate of drug-likeness (QED) is 0.0947. The predicted molar refractivity (Wildman–Crippen MR) is 297 cm³/mol. The molecule has 0 aliphatic carbocycles. The number of amides is 3. The van der Waals surface area contributed by atoms with Crippen molar-refractivity contribution < 1.29 is 40.7 Å². The second-order valence-corrected chi connectivity index (χ2v) is 19.0. The van der Waals surface area contributed by atoms with Gasteiger partial charge in [-0.25, -0.2) is 43.1 Å². The number of hydrogen-bond donors (Lipinski definition) is 3. The van der Waals surface area contributed by atoms with Crippen LogP contribution in [-0.2, 0) is 31.0 Å². The summed E-state index contributed by atoms with van der Waals surface area (Å²) in [6, 6.07) is 30.7. The summed E-state index contributed by atoms with van der Waals surface area (Å²) >= 11 is 0. The Hall–Kier alpha value is -11.0. The van der Waals surface area contributed by atoms with Gasteiger partial charge in [-0.05, 0) is 143 Å². The van der Waals surface area contributed by atoms with E-state index in [0.29, 0.717) is 33.4 Å². The highest BCUT2D eigenvalue weighted by atomic mass is 19.1. The molecule has 9 aromatic rings. The third-order valence-corrected chi connectivity index (χ3v) is 14.3. The van der Waals surface area contributed by atoms with Crippen LogP contribution in [0.3, 0.4) is 0 Å². The summed E-state index contributed by atoms with van der Waals surface area (Å²) in [5.41, 5.74) is 15.7. The number of nitrogens with two attached hydrogens (primary N) is 3. The highest BCUT2D eigenvalue weighted by Crippen LogP contribution is 2.44. The summed E-state index contributed by atoms with van der Waals surface area (Å²) in [6.07, 6.45) is 13.0. The smallest absolute Gasteiger partial charge is 0.266 e. The zero-order chi connectivity index (χ0) is 59.7. The SMILES string of the molecule is CN1C(=O)C(c2ccncc2)(c2ccc(F)c(-c3cccnc3F)c2)N=C1N.CN1C(=O)[C@@](c2ccncc2)(c2ccc(F)c(-c3cccnc3F)c2)N=C1N.CN1C(=O)[C@](c2ccncc2)(c2ccc(F)c(-c3cccnc3F)c2)N=C1N. The summed E-state index contributed by atoms with van der Waals surface area (Å²) in [7, 11) is 4.53. The van der Waals surface area contributed by atoms with Gasteiger partial charge in [-0.3, -0.25) is 44.0 Å². The Morgan fingerprint density at radius 2 is 0.583 bits per heavy atom. The first-order valence-corrected chi connectivity index (χ1v) is 25.2. The monoisotopic (exact) mass is 1140 g/mol. The van der Waals surface area contributed by atoms with Crippen LogP contribution in [0.5, 0.6) is 0 Å². The average molecular weight is 1140 g/mol. The molecule has 0 spiro atoms. The van der Waals surface area contributed by atoms with E-state index in [1.165, 1.54) is 183 Å². The zero-order valence-corrected chi connectivity index (χ0v) is 44.4. The zero-order valence-electron chi connectivity index (χ0n) is 44.4. The maximum Gasteiger partial charge on any atom is 0.266 e. The van der Waals surface area contributed by atoms with Crippen LogP contribution >= 0.6 is 0 Å². The number of guanidine groups is 3. The number of pyridine rings is 6. The molecule has 6 N–H and O–H groups in total. The van der Waals surface area contributed by atoms with Crippen LogP contribution in [0.2, 0.25) is 0 Å². The van der Waals surface area contributed by atoms with Crippen molar-refractivity contribution >= 4 is 35.6 Å². The number of hydrogen-bond acceptors (Lipinski definition) is 15. The summed E-state index contributed by atoms with van der Waals surface area (Å²) in [4.78, 5) is 79.1. The first-order chi connectivity index (χ1) is 40.3. The summed E-state index contributed by atoms with van der Waals surface area (Å²) in [6.45, 7) is 0. The number of aliphatic imine (C=N–C) groups is 3. The fourth-order valence-corrected chi connectivity index (χ4v) is 9.96. The van der Waals surface area contributed by atoms with E-state index in [1.54, 1.807) is 36.4 Å². The number of benzene rings is 3. The van der Waals surface area contributed by atoms with E-state index in [4.69, 9.17) is 17.2 Å². The molecule has 24 heteroatoms. The van der Waals surface area contributed by atoms with Gasteiger partial charge in [-0.2, -0.15) is 13.2 Å². The molecule has 3 aliphatic heterocycles. The van der Waals surface area contributed by atoms with E-state index in [2.05, 4.69) is 44.9 Å². The Morgan fingerprint density at radius 3 is 0.798 bits per heavy atom. The van der Waals surface area contributed by atoms with E-state index in [-0.39, 0.29) is 51.3 Å². The first kappa shape index (κ1) is 56.2. The molecule has 0 bridgehead atoms. The molecule has 9 heterocycles. The van der Waals surface area contributed by atoms with Crippen molar-refractivity contribution in [2.45, 2.75) is 16.6 Å². The number of carbonyl (C=O) groups excluding carboxylic acids is 3. The molecule has 3 atom stereocenters. The minimum atomic E-state index is -1.51. The molecule has 84 heavy (non-hydrogen) atoms. The fraction of sp³-hybridized carbons (Fsp3) is 0.100. The number of likely N-dealkylation sites (N-methyl/N-ethyl adjacent to an activating group) is 3. The van der Waals surface area contributed by atoms with Crippen molar-refractivity contribution in [3.63, 3.8) is 0 Å². The highest BCUT2D eigenvalue weighted by Gasteiger charge is 2.52. The van der Waals surface area contributed by atoms with Crippen LogP contribution in [0.25, 0.3) is 33.4 Å². The third-order valence-electron chi connectivity index (χ3n) is 14.3. The topological polar surface area (TPSA) is 253 Å². The molecule has 3 amide bonds. The number of nitrogens with zero attached hydrogens (tertiary/aromatic N) is 12. The molecule has 1 unspecified atom stereocenters. The maximum atomic E-state index is 14.5. The Kier molecular flexibility index (Phi) is 15.1. The molecule has 0 saturated heterocycles. The summed E-state index contributed by atoms with van der Waals surface area (Å²) in [5, 5.41) is 0. The van der Waals surface area contributed by atoms with Gasteiger partial charge in [0.2, 0.25) is 17.8 Å². The van der Waals surface area contributed by atoms with Crippen LogP contribution in [0.1, 0.15) is 33.4 Å². The van der Waals surface area contributed by atoms with E-state index in [9.17, 15) is 40.7 Å². The lowest BCUT2D eigenvalue weighted by atomic mass is 9.82. The molecule has 12 rings (SSSR count). The van der Waals surface area contributed by atoms with Gasteiger partial charge >= 0.3 is 0 Å². The summed E-state index contributed by atoms with van der Waals surface area (Å²) < 4.78 is 86.1. The van der Waals surface area contributed by atoms with Gasteiger partial charge in [-0.1, -0.05) is 18.2 Å². The predicted octanol–water partition coefficient (Wildman–Crippen LogP) is 7.36. The van der Waals surface area contributed by atoms with Crippen molar-refractivity contribution in [2.75, 3.05) is 21.1 Å². The minimum absolute atomic E-state index is 0.0116. The van der Waals surface area contributed by atoms with Crippen molar-refractivity contribution in [2.24, 2.45) is 32.2 Å². The second kappa shape index (κ2) is 22.5. The Bertz CT molecular complexity index is 3730. The van der Waals surface area contributed by atoms with Crippen LogP contribution in [0, 0.1) is 35.3 Å². The van der Waals surface area contributed by atoms with Gasteiger partial charge in [0.1, 0.15) is 17.5 Å². The number of rotatable bonds is 9. The van der Waals surface area contributed by atoms with Gasteiger partial charge in [0.05, 0.1) is 0 Å². The second-order valence-electron chi connectivity index (χ2n) is 19.0. The van der Waals surface area contributed by atoms with Crippen LogP contribution in [0.4, 0.5) is 26.3 Å². The van der Waals surface area contributed by atoms with Crippen molar-refractivity contribution in [3.05, 3.63) is 252 Å². The van der Waals surface area contributed by atoms with Crippen molar-refractivity contribution in [3.8, 4) is 33.4 Å². The molecule has 420 valence electrons. The number of aromatic nitrogens is 6. The molecule has 3 aliphatic rings. The first-order valence-electron chi connectivity index (χ1n) is 25.2. The van der Waals surface area contributed by atoms with Gasteiger partial charge in [0.25, 0.3) is 17.7 Å². The molecule has 3 aromatic carbocycles. The van der Waals surface area contributed by atoms with E-state index in [0.717, 1.165) is 0 Å². The number of carbonyl (C=O) groups is 3. The minimum Gasteiger partial charge on any atom is -0.369 e. The molecular formula is C60H45F6N15O3. The Balaban J connectivity index is 0.000000140. The van der Waals surface area contributed by atoms with Crippen LogP contribution in [0.15, 0.2) is 198 Å². The molecule has 18 nitrogen and oxygen atoms in total. The van der Waals surface area contributed by atoms with Gasteiger partial charge < -0.3 is 17.2 Å². The lowest BCUT2D eigenvalue weighted by molar-refractivity contribution is -0.130. The van der Waals surface area contributed by atoms with Gasteiger partial charge in [0, 0.05) is 110 Å². The standard InChI is InChI=1S/3C20H15F2N5O/c3*1-27-18(28)20(26-19(27)23,12-6-9-24-10-7-12)13-4-5-16(21)15(11-13)14-3-2-8-25-17(14)22/h3*2-11H,1H3,(H2,23,26)/t2*20-;/m10./s1. The van der Waals surface area contributed by atoms with Crippen LogP contribution < -0.4 is 17.2 Å². The van der Waals surface area contributed by atoms with E-state index < -0.39 is 69.6 Å².